The van der Waals surface area contributed by atoms with Crippen LogP contribution in [0.3, 0.4) is 0 Å². The Bertz CT molecular complexity index is 430. The number of rotatable bonds is 4. The van der Waals surface area contributed by atoms with Gasteiger partial charge in [0.2, 0.25) is 5.91 Å². The van der Waals surface area contributed by atoms with E-state index < -0.39 is 0 Å². The lowest BCUT2D eigenvalue weighted by atomic mass is 10.1. The van der Waals surface area contributed by atoms with Gasteiger partial charge in [-0.15, -0.1) is 0 Å². The number of hydrogen-bond donors (Lipinski definition) is 2. The van der Waals surface area contributed by atoms with Crippen LogP contribution in [0.5, 0.6) is 5.75 Å². The molecule has 1 aromatic carbocycles. The summed E-state index contributed by atoms with van der Waals surface area (Å²) >= 11 is 1.07. The highest BCUT2D eigenvalue weighted by molar-refractivity contribution is 8.15. The van der Waals surface area contributed by atoms with Crippen LogP contribution in [0.2, 0.25) is 0 Å². The summed E-state index contributed by atoms with van der Waals surface area (Å²) in [5.41, 5.74) is 1.12. The third-order valence-corrected chi connectivity index (χ3v) is 3.69. The zero-order valence-corrected chi connectivity index (χ0v) is 10.00. The Labute approximate surface area is 103 Å². The molecular weight excluding hydrogens is 238 g/mol. The van der Waals surface area contributed by atoms with Crippen molar-refractivity contribution >= 4 is 22.9 Å². The Balaban J connectivity index is 1.78. The molecule has 1 heterocycles. The molecule has 1 saturated heterocycles. The number of phenolic OH excluding ortho intramolecular Hbond substituents is 1. The van der Waals surface area contributed by atoms with Crippen molar-refractivity contribution < 1.29 is 14.7 Å². The molecule has 0 radical (unpaired) electrons. The predicted octanol–water partition coefficient (Wildman–Crippen LogP) is 2.07. The highest BCUT2D eigenvalue weighted by atomic mass is 32.2. The van der Waals surface area contributed by atoms with Gasteiger partial charge in [0.1, 0.15) is 5.75 Å². The smallest absolute Gasteiger partial charge is 0.286 e. The summed E-state index contributed by atoms with van der Waals surface area (Å²) in [6, 6.07) is 7.02. The van der Waals surface area contributed by atoms with Crippen LogP contribution >= 0.6 is 11.8 Å². The maximum atomic E-state index is 11.3. The van der Waals surface area contributed by atoms with Gasteiger partial charge in [-0.2, -0.15) is 0 Å². The minimum atomic E-state index is -0.246. The molecule has 2 N–H and O–H groups in total. The van der Waals surface area contributed by atoms with Crippen LogP contribution in [-0.4, -0.2) is 21.5 Å². The number of benzene rings is 1. The maximum absolute atomic E-state index is 11.3. The van der Waals surface area contributed by atoms with Crippen molar-refractivity contribution in [3.05, 3.63) is 29.8 Å². The predicted molar refractivity (Wildman–Crippen MR) is 66.0 cm³/mol. The van der Waals surface area contributed by atoms with Crippen LogP contribution in [0, 0.1) is 0 Å². The molecule has 0 aromatic heterocycles. The van der Waals surface area contributed by atoms with E-state index >= 15 is 0 Å². The Kier molecular flexibility index (Phi) is 3.68. The fourth-order valence-corrected chi connectivity index (χ4v) is 2.61. The average Bonchev–Trinajstić information content (AvgIpc) is 2.60. The fourth-order valence-electron chi connectivity index (χ4n) is 1.74. The van der Waals surface area contributed by atoms with Gasteiger partial charge in [0, 0.05) is 0 Å². The van der Waals surface area contributed by atoms with Gasteiger partial charge < -0.3 is 5.11 Å². The number of hydrogen-bond acceptors (Lipinski definition) is 4. The van der Waals surface area contributed by atoms with E-state index in [1.165, 1.54) is 0 Å². The molecule has 0 spiro atoms. The summed E-state index contributed by atoms with van der Waals surface area (Å²) < 4.78 is 0. The van der Waals surface area contributed by atoms with Gasteiger partial charge in [-0.05, 0) is 37.0 Å². The monoisotopic (exact) mass is 251 g/mol. The van der Waals surface area contributed by atoms with Crippen LogP contribution in [0.25, 0.3) is 0 Å². The fraction of sp³-hybridized carbons (Fsp3) is 0.333. The molecule has 1 fully saturated rings. The lowest BCUT2D eigenvalue weighted by Crippen LogP contribution is -2.24. The summed E-state index contributed by atoms with van der Waals surface area (Å²) in [7, 11) is 0. The molecular formula is C12H13NO3S. The molecule has 1 unspecified atom stereocenters. The van der Waals surface area contributed by atoms with E-state index in [0.29, 0.717) is 6.42 Å². The van der Waals surface area contributed by atoms with Crippen LogP contribution in [0.4, 0.5) is 4.79 Å². The number of phenols is 1. The number of amides is 2. The van der Waals surface area contributed by atoms with E-state index in [9.17, 15) is 9.59 Å². The molecule has 1 atom stereocenters. The van der Waals surface area contributed by atoms with Gasteiger partial charge in [-0.3, -0.25) is 14.9 Å². The zero-order valence-electron chi connectivity index (χ0n) is 9.18. The van der Waals surface area contributed by atoms with Gasteiger partial charge in [-0.25, -0.2) is 0 Å². The summed E-state index contributed by atoms with van der Waals surface area (Å²) in [4.78, 5) is 22.2. The van der Waals surface area contributed by atoms with Crippen molar-refractivity contribution in [3.63, 3.8) is 0 Å². The van der Waals surface area contributed by atoms with Crippen molar-refractivity contribution in [2.45, 2.75) is 24.5 Å². The molecule has 2 amide bonds. The number of aryl methyl sites for hydroxylation is 1. The van der Waals surface area contributed by atoms with Crippen molar-refractivity contribution in [2.75, 3.05) is 0 Å². The quantitative estimate of drug-likeness (QED) is 0.859. The van der Waals surface area contributed by atoms with Gasteiger partial charge in [0.05, 0.1) is 5.25 Å². The van der Waals surface area contributed by atoms with Gasteiger partial charge in [0.15, 0.2) is 0 Å². The number of aromatic hydroxyl groups is 1. The maximum Gasteiger partial charge on any atom is 0.286 e. The van der Waals surface area contributed by atoms with Gasteiger partial charge >= 0.3 is 0 Å². The number of imide groups is 1. The second-order valence-electron chi connectivity index (χ2n) is 3.94. The second-order valence-corrected chi connectivity index (χ2v) is 5.12. The van der Waals surface area contributed by atoms with E-state index in [2.05, 4.69) is 5.32 Å². The lowest BCUT2D eigenvalue weighted by molar-refractivity contribution is -0.119. The standard InChI is InChI=1S/C12H13NO3S/c14-9-6-4-8(5-7-9)2-1-3-10-11(15)13-12(16)17-10/h4-7,10,14H,1-3H2,(H,13,15,16). The number of nitrogens with one attached hydrogen (secondary N) is 1. The highest BCUT2D eigenvalue weighted by Crippen LogP contribution is 2.24. The first-order valence-corrected chi connectivity index (χ1v) is 6.32. The highest BCUT2D eigenvalue weighted by Gasteiger charge is 2.30. The number of carbonyl (C=O) groups is 2. The molecule has 17 heavy (non-hydrogen) atoms. The van der Waals surface area contributed by atoms with Crippen molar-refractivity contribution in [2.24, 2.45) is 0 Å². The minimum absolute atomic E-state index is 0.175. The summed E-state index contributed by atoms with van der Waals surface area (Å²) in [5.74, 6) is 0.0794. The molecule has 0 aliphatic carbocycles. The molecule has 1 aromatic rings. The molecule has 0 bridgehead atoms. The Morgan fingerprint density at radius 3 is 2.53 bits per heavy atom. The Morgan fingerprint density at radius 1 is 1.24 bits per heavy atom. The first-order chi connectivity index (χ1) is 8.15. The van der Waals surface area contributed by atoms with Crippen molar-refractivity contribution in [3.8, 4) is 5.75 Å². The van der Waals surface area contributed by atoms with Crippen molar-refractivity contribution in [1.82, 2.24) is 5.32 Å². The van der Waals surface area contributed by atoms with Gasteiger partial charge in [0.25, 0.3) is 5.24 Å². The SMILES string of the molecule is O=C1NC(=O)C(CCCc2ccc(O)cc2)S1. The van der Waals surface area contributed by atoms with E-state index in [1.807, 2.05) is 12.1 Å². The number of thioether (sulfide) groups is 1. The molecule has 0 saturated carbocycles. The van der Waals surface area contributed by atoms with Crippen LogP contribution < -0.4 is 5.32 Å². The second kappa shape index (κ2) is 5.23. The first kappa shape index (κ1) is 12.0. The summed E-state index contributed by atoms with van der Waals surface area (Å²) in [6.45, 7) is 0. The van der Waals surface area contributed by atoms with E-state index in [0.717, 1.165) is 30.2 Å². The van der Waals surface area contributed by atoms with E-state index in [-0.39, 0.29) is 22.1 Å². The normalized spacial score (nSPS) is 19.4. The summed E-state index contributed by atoms with van der Waals surface area (Å²) in [6.07, 6.45) is 2.39. The minimum Gasteiger partial charge on any atom is -0.508 e. The zero-order chi connectivity index (χ0) is 12.3. The molecule has 1 aliphatic rings. The topological polar surface area (TPSA) is 66.4 Å². The molecule has 5 heteroatoms. The molecule has 90 valence electrons. The molecule has 1 aliphatic heterocycles. The lowest BCUT2D eigenvalue weighted by Gasteiger charge is -2.05. The van der Waals surface area contributed by atoms with Crippen LogP contribution in [0.1, 0.15) is 18.4 Å². The Hall–Kier alpha value is -1.49. The largest absolute Gasteiger partial charge is 0.508 e. The first-order valence-electron chi connectivity index (χ1n) is 5.44. The third kappa shape index (κ3) is 3.23. The van der Waals surface area contributed by atoms with Crippen LogP contribution in [0.15, 0.2) is 24.3 Å². The van der Waals surface area contributed by atoms with E-state index in [4.69, 9.17) is 5.11 Å². The third-order valence-electron chi connectivity index (χ3n) is 2.64. The Morgan fingerprint density at radius 2 is 1.94 bits per heavy atom. The molecule has 4 nitrogen and oxygen atoms in total. The van der Waals surface area contributed by atoms with Gasteiger partial charge in [-0.1, -0.05) is 23.9 Å². The summed E-state index contributed by atoms with van der Waals surface area (Å²) in [5, 5.41) is 10.9. The average molecular weight is 251 g/mol. The van der Waals surface area contributed by atoms with E-state index in [1.54, 1.807) is 12.1 Å². The molecule has 2 rings (SSSR count). The van der Waals surface area contributed by atoms with Crippen LogP contribution in [-0.2, 0) is 11.2 Å². The number of carbonyl (C=O) groups excluding carboxylic acids is 2. The van der Waals surface area contributed by atoms with Crippen molar-refractivity contribution in [1.29, 1.82) is 0 Å².